The summed E-state index contributed by atoms with van der Waals surface area (Å²) in [5.41, 5.74) is 1.71. The fraction of sp³-hybridized carbons (Fsp3) is 0.125. The van der Waals surface area contributed by atoms with Crippen LogP contribution in [0.15, 0.2) is 46.3 Å². The first kappa shape index (κ1) is 15.5. The summed E-state index contributed by atoms with van der Waals surface area (Å²) >= 11 is 15.0. The van der Waals surface area contributed by atoms with Crippen LogP contribution in [0.1, 0.15) is 16.0 Å². The fourth-order valence-electron chi connectivity index (χ4n) is 2.30. The fourth-order valence-corrected chi connectivity index (χ4v) is 5.09. The summed E-state index contributed by atoms with van der Waals surface area (Å²) in [6.45, 7) is 0. The first-order chi connectivity index (χ1) is 10.1. The van der Waals surface area contributed by atoms with Crippen LogP contribution in [0, 0.1) is 5.82 Å². The molecule has 5 heteroatoms. The van der Waals surface area contributed by atoms with Crippen molar-refractivity contribution in [3.8, 4) is 0 Å². The average molecular weight is 449 g/mol. The number of rotatable bonds is 3. The van der Waals surface area contributed by atoms with Crippen LogP contribution in [0.3, 0.4) is 0 Å². The molecule has 0 radical (unpaired) electrons. The number of hydrogen-bond donors (Lipinski definition) is 0. The minimum absolute atomic E-state index is 0.0231. The Morgan fingerprint density at radius 2 is 1.95 bits per heavy atom. The minimum atomic E-state index is -0.257. The molecular weight excluding hydrogens is 439 g/mol. The summed E-state index contributed by atoms with van der Waals surface area (Å²) in [6.07, 6.45) is 0.518. The molecule has 0 amide bonds. The third-order valence-corrected chi connectivity index (χ3v) is 6.51. The molecule has 0 aliphatic rings. The van der Waals surface area contributed by atoms with Crippen LogP contribution in [0.4, 0.5) is 4.39 Å². The maximum Gasteiger partial charge on any atom is 0.127 e. The van der Waals surface area contributed by atoms with Gasteiger partial charge in [0.05, 0.1) is 0 Å². The van der Waals surface area contributed by atoms with Gasteiger partial charge in [0.15, 0.2) is 0 Å². The van der Waals surface area contributed by atoms with Gasteiger partial charge in [-0.1, -0.05) is 45.7 Å². The standard InChI is InChI=1S/C16H10Br2ClFS/c17-12-4-1-3-9-11(8-21-16(9)12)13(18)7-10-14(19)5-2-6-15(10)20/h1-6,8,13H,7H2. The Morgan fingerprint density at radius 3 is 2.71 bits per heavy atom. The van der Waals surface area contributed by atoms with Gasteiger partial charge in [-0.25, -0.2) is 4.39 Å². The molecule has 1 unspecified atom stereocenters. The summed E-state index contributed by atoms with van der Waals surface area (Å²) in [5, 5.41) is 3.77. The number of fused-ring (bicyclic) bond motifs is 1. The lowest BCUT2D eigenvalue weighted by Gasteiger charge is -2.11. The lowest BCUT2D eigenvalue weighted by molar-refractivity contribution is 0.608. The zero-order valence-electron chi connectivity index (χ0n) is 10.7. The highest BCUT2D eigenvalue weighted by atomic mass is 79.9. The van der Waals surface area contributed by atoms with E-state index in [4.69, 9.17) is 11.6 Å². The van der Waals surface area contributed by atoms with E-state index in [1.54, 1.807) is 23.5 Å². The van der Waals surface area contributed by atoms with E-state index in [-0.39, 0.29) is 10.6 Å². The molecule has 2 aromatic carbocycles. The van der Waals surface area contributed by atoms with Crippen molar-refractivity contribution in [1.29, 1.82) is 0 Å². The van der Waals surface area contributed by atoms with Gasteiger partial charge in [0.1, 0.15) is 5.82 Å². The second kappa shape index (κ2) is 6.37. The number of halogens is 4. The maximum absolute atomic E-state index is 13.9. The molecule has 0 bridgehead atoms. The molecule has 0 nitrogen and oxygen atoms in total. The van der Waals surface area contributed by atoms with E-state index in [9.17, 15) is 4.39 Å². The summed E-state index contributed by atoms with van der Waals surface area (Å²) in [5.74, 6) is -0.257. The third-order valence-electron chi connectivity index (χ3n) is 3.36. The van der Waals surface area contributed by atoms with E-state index < -0.39 is 0 Å². The molecule has 0 aliphatic heterocycles. The Kier molecular flexibility index (Phi) is 4.69. The van der Waals surface area contributed by atoms with Crippen molar-refractivity contribution in [3.63, 3.8) is 0 Å². The third kappa shape index (κ3) is 3.04. The molecule has 3 rings (SSSR count). The van der Waals surface area contributed by atoms with Crippen LogP contribution in [-0.4, -0.2) is 0 Å². The highest BCUT2D eigenvalue weighted by Gasteiger charge is 2.18. The Balaban J connectivity index is 1.98. The van der Waals surface area contributed by atoms with Crippen molar-refractivity contribution in [2.24, 2.45) is 0 Å². The zero-order valence-corrected chi connectivity index (χ0v) is 15.5. The molecule has 0 aliphatic carbocycles. The number of alkyl halides is 1. The minimum Gasteiger partial charge on any atom is -0.207 e. The van der Waals surface area contributed by atoms with Gasteiger partial charge < -0.3 is 0 Å². The molecule has 21 heavy (non-hydrogen) atoms. The normalized spacial score (nSPS) is 12.8. The van der Waals surface area contributed by atoms with Gasteiger partial charge in [-0.3, -0.25) is 0 Å². The molecule has 0 saturated carbocycles. The van der Waals surface area contributed by atoms with Crippen molar-refractivity contribution in [2.75, 3.05) is 0 Å². The van der Waals surface area contributed by atoms with Crippen molar-refractivity contribution < 1.29 is 4.39 Å². The summed E-state index contributed by atoms with van der Waals surface area (Å²) in [7, 11) is 0. The van der Waals surface area contributed by atoms with E-state index in [1.165, 1.54) is 16.2 Å². The molecule has 0 saturated heterocycles. The van der Waals surface area contributed by atoms with Crippen LogP contribution >= 0.6 is 54.8 Å². The zero-order chi connectivity index (χ0) is 15.0. The van der Waals surface area contributed by atoms with Gasteiger partial charge in [-0.15, -0.1) is 11.3 Å². The van der Waals surface area contributed by atoms with Crippen LogP contribution in [-0.2, 0) is 6.42 Å². The highest BCUT2D eigenvalue weighted by molar-refractivity contribution is 9.10. The number of thiophene rings is 1. The molecular formula is C16H10Br2ClFS. The average Bonchev–Trinajstić information content (AvgIpc) is 2.88. The highest BCUT2D eigenvalue weighted by Crippen LogP contribution is 2.40. The molecule has 1 aromatic heterocycles. The van der Waals surface area contributed by atoms with Gasteiger partial charge in [0.2, 0.25) is 0 Å². The number of hydrogen-bond acceptors (Lipinski definition) is 1. The predicted octanol–water partition coefficient (Wildman–Crippen LogP) is 7.14. The van der Waals surface area contributed by atoms with Crippen LogP contribution in [0.2, 0.25) is 5.02 Å². The van der Waals surface area contributed by atoms with Crippen LogP contribution in [0.25, 0.3) is 10.1 Å². The van der Waals surface area contributed by atoms with E-state index in [1.807, 2.05) is 12.1 Å². The van der Waals surface area contributed by atoms with Gasteiger partial charge in [-0.05, 0) is 56.9 Å². The molecule has 108 valence electrons. The molecule has 1 atom stereocenters. The molecule has 0 fully saturated rings. The van der Waals surface area contributed by atoms with Crippen LogP contribution in [0.5, 0.6) is 0 Å². The van der Waals surface area contributed by atoms with E-state index in [2.05, 4.69) is 43.3 Å². The van der Waals surface area contributed by atoms with E-state index in [0.717, 1.165) is 10.0 Å². The van der Waals surface area contributed by atoms with Crippen molar-refractivity contribution in [2.45, 2.75) is 11.2 Å². The summed E-state index contributed by atoms with van der Waals surface area (Å²) < 4.78 is 16.2. The molecule has 3 aromatic rings. The quantitative estimate of drug-likeness (QED) is 0.374. The Bertz CT molecular complexity index is 780. The second-order valence-electron chi connectivity index (χ2n) is 4.68. The molecule has 1 heterocycles. The van der Waals surface area contributed by atoms with Gasteiger partial charge in [0, 0.05) is 24.6 Å². The SMILES string of the molecule is Fc1cccc(Cl)c1CC(Br)c1csc2c(Br)cccc12. The van der Waals surface area contributed by atoms with Crippen molar-refractivity contribution >= 4 is 64.9 Å². The first-order valence-corrected chi connectivity index (χ1v) is 9.27. The summed E-state index contributed by atoms with van der Waals surface area (Å²) in [4.78, 5) is 0.0231. The largest absolute Gasteiger partial charge is 0.207 e. The van der Waals surface area contributed by atoms with Crippen LogP contribution < -0.4 is 0 Å². The molecule has 0 spiro atoms. The second-order valence-corrected chi connectivity index (χ2v) is 7.93. The number of benzene rings is 2. The first-order valence-electron chi connectivity index (χ1n) is 6.30. The predicted molar refractivity (Wildman–Crippen MR) is 96.3 cm³/mol. The lowest BCUT2D eigenvalue weighted by Crippen LogP contribution is -1.98. The Labute approximate surface area is 148 Å². The van der Waals surface area contributed by atoms with Crippen molar-refractivity contribution in [1.82, 2.24) is 0 Å². The van der Waals surface area contributed by atoms with E-state index in [0.29, 0.717) is 17.0 Å². The maximum atomic E-state index is 13.9. The Hall–Kier alpha value is -0.420. The van der Waals surface area contributed by atoms with Gasteiger partial charge >= 0.3 is 0 Å². The van der Waals surface area contributed by atoms with Gasteiger partial charge in [-0.2, -0.15) is 0 Å². The Morgan fingerprint density at radius 1 is 1.19 bits per heavy atom. The summed E-state index contributed by atoms with van der Waals surface area (Å²) in [6, 6.07) is 10.9. The monoisotopic (exact) mass is 446 g/mol. The lowest BCUT2D eigenvalue weighted by atomic mass is 10.0. The smallest absolute Gasteiger partial charge is 0.127 e. The van der Waals surface area contributed by atoms with Gasteiger partial charge in [0.25, 0.3) is 0 Å². The van der Waals surface area contributed by atoms with E-state index >= 15 is 0 Å². The molecule has 0 N–H and O–H groups in total. The van der Waals surface area contributed by atoms with Crippen molar-refractivity contribution in [3.05, 3.63) is 68.2 Å². The topological polar surface area (TPSA) is 0 Å².